The third-order valence-electron chi connectivity index (χ3n) is 5.11. The van der Waals surface area contributed by atoms with Gasteiger partial charge in [-0.1, -0.05) is 42.8 Å². The zero-order valence-electron chi connectivity index (χ0n) is 16.0. The zero-order chi connectivity index (χ0) is 19.2. The SMILES string of the molecule is CC1CCN(c2ccc([C@H](C)NC(=O)COc3ccccc3Cl)cc2)CC1. The number of piperidine rings is 1. The number of halogens is 1. The van der Waals surface area contributed by atoms with Crippen molar-refractivity contribution >= 4 is 23.2 Å². The van der Waals surface area contributed by atoms with Gasteiger partial charge >= 0.3 is 0 Å². The van der Waals surface area contributed by atoms with Gasteiger partial charge in [0.2, 0.25) is 0 Å². The highest BCUT2D eigenvalue weighted by Crippen LogP contribution is 2.25. The lowest BCUT2D eigenvalue weighted by Crippen LogP contribution is -2.33. The largest absolute Gasteiger partial charge is 0.482 e. The second-order valence-corrected chi connectivity index (χ2v) is 7.68. The summed E-state index contributed by atoms with van der Waals surface area (Å²) in [5.74, 6) is 1.17. The smallest absolute Gasteiger partial charge is 0.258 e. The van der Waals surface area contributed by atoms with Crippen LogP contribution in [-0.4, -0.2) is 25.6 Å². The summed E-state index contributed by atoms with van der Waals surface area (Å²) in [7, 11) is 0. The highest BCUT2D eigenvalue weighted by Gasteiger charge is 2.16. The summed E-state index contributed by atoms with van der Waals surface area (Å²) in [5.41, 5.74) is 2.33. The van der Waals surface area contributed by atoms with Gasteiger partial charge in [-0.2, -0.15) is 0 Å². The Labute approximate surface area is 166 Å². The molecule has 2 aromatic rings. The van der Waals surface area contributed by atoms with Gasteiger partial charge in [0, 0.05) is 18.8 Å². The second kappa shape index (κ2) is 9.14. The van der Waals surface area contributed by atoms with Crippen molar-refractivity contribution in [1.82, 2.24) is 5.32 Å². The van der Waals surface area contributed by atoms with Crippen molar-refractivity contribution in [2.75, 3.05) is 24.6 Å². The van der Waals surface area contributed by atoms with Crippen LogP contribution < -0.4 is 15.0 Å². The molecule has 2 aromatic carbocycles. The molecule has 5 heteroatoms. The van der Waals surface area contributed by atoms with Crippen molar-refractivity contribution in [1.29, 1.82) is 0 Å². The van der Waals surface area contributed by atoms with Crippen molar-refractivity contribution in [2.45, 2.75) is 32.7 Å². The van der Waals surface area contributed by atoms with Crippen molar-refractivity contribution in [2.24, 2.45) is 5.92 Å². The Morgan fingerprint density at radius 2 is 1.85 bits per heavy atom. The van der Waals surface area contributed by atoms with E-state index in [0.29, 0.717) is 10.8 Å². The van der Waals surface area contributed by atoms with Crippen molar-refractivity contribution in [3.05, 3.63) is 59.1 Å². The van der Waals surface area contributed by atoms with Crippen LogP contribution in [0.25, 0.3) is 0 Å². The lowest BCUT2D eigenvalue weighted by Gasteiger charge is -2.32. The summed E-state index contributed by atoms with van der Waals surface area (Å²) < 4.78 is 5.49. The molecule has 0 saturated carbocycles. The molecule has 1 atom stereocenters. The summed E-state index contributed by atoms with van der Waals surface area (Å²) in [6, 6.07) is 15.5. The van der Waals surface area contributed by atoms with E-state index in [9.17, 15) is 4.79 Å². The van der Waals surface area contributed by atoms with Crippen LogP contribution in [0.1, 0.15) is 38.3 Å². The zero-order valence-corrected chi connectivity index (χ0v) is 16.7. The number of nitrogens with zero attached hydrogens (tertiary/aromatic N) is 1. The topological polar surface area (TPSA) is 41.6 Å². The quantitative estimate of drug-likeness (QED) is 0.772. The summed E-state index contributed by atoms with van der Waals surface area (Å²) in [4.78, 5) is 14.6. The molecule has 0 unspecified atom stereocenters. The molecule has 0 bridgehead atoms. The van der Waals surface area contributed by atoms with E-state index in [2.05, 4.69) is 41.4 Å². The third-order valence-corrected chi connectivity index (χ3v) is 5.43. The van der Waals surface area contributed by atoms with E-state index in [0.717, 1.165) is 24.6 Å². The standard InChI is InChI=1S/C22H27ClN2O2/c1-16-11-13-25(14-12-16)19-9-7-18(8-10-19)17(2)24-22(26)15-27-21-6-4-3-5-20(21)23/h3-10,16-17H,11-15H2,1-2H3,(H,24,26)/t17-/m0/s1. The molecule has 0 aliphatic carbocycles. The lowest BCUT2D eigenvalue weighted by atomic mass is 9.98. The highest BCUT2D eigenvalue weighted by atomic mass is 35.5. The Balaban J connectivity index is 1.50. The maximum absolute atomic E-state index is 12.2. The van der Waals surface area contributed by atoms with Crippen LogP contribution in [0.15, 0.2) is 48.5 Å². The maximum Gasteiger partial charge on any atom is 0.258 e. The molecule has 3 rings (SSSR count). The van der Waals surface area contributed by atoms with Gasteiger partial charge < -0.3 is 15.0 Å². The molecule has 1 aliphatic heterocycles. The van der Waals surface area contributed by atoms with E-state index in [-0.39, 0.29) is 18.6 Å². The molecular formula is C22H27ClN2O2. The van der Waals surface area contributed by atoms with Crippen molar-refractivity contribution in [3.63, 3.8) is 0 Å². The Morgan fingerprint density at radius 1 is 1.19 bits per heavy atom. The summed E-state index contributed by atoms with van der Waals surface area (Å²) in [6.45, 7) is 6.47. The van der Waals surface area contributed by atoms with Gasteiger partial charge in [-0.3, -0.25) is 4.79 Å². The first kappa shape index (κ1) is 19.6. The van der Waals surface area contributed by atoms with Gasteiger partial charge in [-0.05, 0) is 55.5 Å². The number of anilines is 1. The number of para-hydroxylation sites is 1. The van der Waals surface area contributed by atoms with Gasteiger partial charge in [0.1, 0.15) is 5.75 Å². The number of nitrogens with one attached hydrogen (secondary N) is 1. The number of ether oxygens (including phenoxy) is 1. The molecule has 0 aromatic heterocycles. The van der Waals surface area contributed by atoms with Gasteiger partial charge in [0.25, 0.3) is 5.91 Å². The minimum atomic E-state index is -0.170. The minimum absolute atomic E-state index is 0.0574. The fraction of sp³-hybridized carbons (Fsp3) is 0.409. The average molecular weight is 387 g/mol. The number of carbonyl (C=O) groups is 1. The van der Waals surface area contributed by atoms with E-state index in [1.54, 1.807) is 12.1 Å². The predicted octanol–water partition coefficient (Wildman–Crippen LogP) is 4.83. The first-order valence-corrected chi connectivity index (χ1v) is 9.92. The fourth-order valence-electron chi connectivity index (χ4n) is 3.31. The Kier molecular flexibility index (Phi) is 6.62. The van der Waals surface area contributed by atoms with Crippen LogP contribution >= 0.6 is 11.6 Å². The van der Waals surface area contributed by atoms with Crippen LogP contribution in [0.3, 0.4) is 0 Å². The molecule has 1 heterocycles. The Hall–Kier alpha value is -2.20. The number of hydrogen-bond donors (Lipinski definition) is 1. The number of rotatable bonds is 6. The van der Waals surface area contributed by atoms with Crippen LogP contribution in [0.4, 0.5) is 5.69 Å². The molecule has 1 aliphatic rings. The summed E-state index contributed by atoms with van der Waals surface area (Å²) >= 11 is 6.04. The van der Waals surface area contributed by atoms with E-state index >= 15 is 0 Å². The third kappa shape index (κ3) is 5.39. The monoisotopic (exact) mass is 386 g/mol. The van der Waals surface area contributed by atoms with Crippen molar-refractivity contribution in [3.8, 4) is 5.75 Å². The summed E-state index contributed by atoms with van der Waals surface area (Å²) in [5, 5.41) is 3.47. The second-order valence-electron chi connectivity index (χ2n) is 7.27. The number of benzene rings is 2. The summed E-state index contributed by atoms with van der Waals surface area (Å²) in [6.07, 6.45) is 2.50. The molecule has 0 radical (unpaired) electrons. The Bertz CT molecular complexity index is 755. The lowest BCUT2D eigenvalue weighted by molar-refractivity contribution is -0.123. The molecule has 1 amide bonds. The maximum atomic E-state index is 12.2. The van der Waals surface area contributed by atoms with Gasteiger partial charge in [-0.25, -0.2) is 0 Å². The normalized spacial score (nSPS) is 16.0. The van der Waals surface area contributed by atoms with E-state index in [4.69, 9.17) is 16.3 Å². The van der Waals surface area contributed by atoms with E-state index < -0.39 is 0 Å². The van der Waals surface area contributed by atoms with Crippen LogP contribution in [0.2, 0.25) is 5.02 Å². The van der Waals surface area contributed by atoms with Crippen LogP contribution in [0, 0.1) is 5.92 Å². The highest BCUT2D eigenvalue weighted by molar-refractivity contribution is 6.32. The number of hydrogen-bond acceptors (Lipinski definition) is 3. The molecular weight excluding hydrogens is 360 g/mol. The van der Waals surface area contributed by atoms with Gasteiger partial charge in [0.05, 0.1) is 11.1 Å². The van der Waals surface area contributed by atoms with Crippen LogP contribution in [-0.2, 0) is 4.79 Å². The first-order valence-electron chi connectivity index (χ1n) is 9.54. The minimum Gasteiger partial charge on any atom is -0.482 e. The first-order chi connectivity index (χ1) is 13.0. The average Bonchev–Trinajstić information content (AvgIpc) is 2.68. The van der Waals surface area contributed by atoms with E-state index in [1.165, 1.54) is 18.5 Å². The fourth-order valence-corrected chi connectivity index (χ4v) is 3.50. The molecule has 4 nitrogen and oxygen atoms in total. The molecule has 1 N–H and O–H groups in total. The molecule has 1 saturated heterocycles. The van der Waals surface area contributed by atoms with Crippen molar-refractivity contribution < 1.29 is 9.53 Å². The predicted molar refractivity (Wildman–Crippen MR) is 111 cm³/mol. The molecule has 144 valence electrons. The molecule has 27 heavy (non-hydrogen) atoms. The van der Waals surface area contributed by atoms with Gasteiger partial charge in [0.15, 0.2) is 6.61 Å². The molecule has 0 spiro atoms. The van der Waals surface area contributed by atoms with Crippen LogP contribution in [0.5, 0.6) is 5.75 Å². The number of amides is 1. The Morgan fingerprint density at radius 3 is 2.52 bits per heavy atom. The van der Waals surface area contributed by atoms with E-state index in [1.807, 2.05) is 19.1 Å². The van der Waals surface area contributed by atoms with Gasteiger partial charge in [-0.15, -0.1) is 0 Å². The number of carbonyl (C=O) groups excluding carboxylic acids is 1. The molecule has 1 fully saturated rings.